The van der Waals surface area contributed by atoms with E-state index in [1.165, 1.54) is 28.6 Å². The number of hydrogen-bond acceptors (Lipinski definition) is 4. The van der Waals surface area contributed by atoms with Crippen molar-refractivity contribution in [2.24, 2.45) is 0 Å². The van der Waals surface area contributed by atoms with Crippen LogP contribution in [-0.2, 0) is 14.8 Å². The van der Waals surface area contributed by atoms with Gasteiger partial charge in [0, 0.05) is 18.7 Å². The van der Waals surface area contributed by atoms with E-state index in [0.717, 1.165) is 19.3 Å². The second-order valence-electron chi connectivity index (χ2n) is 5.66. The Morgan fingerprint density at radius 2 is 1.88 bits per heavy atom. The molecule has 1 fully saturated rings. The Hall–Kier alpha value is -2.37. The lowest BCUT2D eigenvalue weighted by molar-refractivity contribution is -0.119. The van der Waals surface area contributed by atoms with Gasteiger partial charge in [-0.15, -0.1) is 6.42 Å². The molecule has 7 nitrogen and oxygen atoms in total. The highest BCUT2D eigenvalue weighted by molar-refractivity contribution is 7.89. The van der Waals surface area contributed by atoms with Gasteiger partial charge in [-0.3, -0.25) is 9.59 Å². The maximum atomic E-state index is 12.7. The van der Waals surface area contributed by atoms with E-state index in [2.05, 4.69) is 16.6 Å². The van der Waals surface area contributed by atoms with Crippen molar-refractivity contribution in [1.82, 2.24) is 14.9 Å². The molecular weight excluding hydrogens is 342 g/mol. The first kappa shape index (κ1) is 19.0. The molecule has 0 bridgehead atoms. The van der Waals surface area contributed by atoms with Gasteiger partial charge in [-0.25, -0.2) is 8.42 Å². The number of sulfonamides is 1. The number of amides is 2. The smallest absolute Gasteiger partial charge is 0.251 e. The molecule has 0 aromatic heterocycles. The van der Waals surface area contributed by atoms with E-state index in [1.54, 1.807) is 0 Å². The highest BCUT2D eigenvalue weighted by atomic mass is 32.2. The lowest BCUT2D eigenvalue weighted by atomic mass is 10.2. The molecule has 8 heteroatoms. The molecule has 2 N–H and O–H groups in total. The van der Waals surface area contributed by atoms with Gasteiger partial charge in [0.2, 0.25) is 15.9 Å². The topological polar surface area (TPSA) is 95.6 Å². The molecule has 0 unspecified atom stereocenters. The molecule has 134 valence electrons. The van der Waals surface area contributed by atoms with Gasteiger partial charge >= 0.3 is 0 Å². The molecule has 0 atom stereocenters. The van der Waals surface area contributed by atoms with Crippen LogP contribution < -0.4 is 10.6 Å². The molecule has 1 heterocycles. The molecular formula is C17H21N3O4S. The zero-order chi connectivity index (χ0) is 18.3. The molecule has 1 aromatic rings. The fraction of sp³-hybridized carbons (Fsp3) is 0.412. The minimum Gasteiger partial charge on any atom is -0.344 e. The Kier molecular flexibility index (Phi) is 6.56. The summed E-state index contributed by atoms with van der Waals surface area (Å²) in [5.41, 5.74) is 0.183. The van der Waals surface area contributed by atoms with Crippen LogP contribution in [0, 0.1) is 12.3 Å². The summed E-state index contributed by atoms with van der Waals surface area (Å²) >= 11 is 0. The number of piperidine rings is 1. The van der Waals surface area contributed by atoms with Crippen molar-refractivity contribution in [3.8, 4) is 12.3 Å². The minimum absolute atomic E-state index is 0.0816. The summed E-state index contributed by atoms with van der Waals surface area (Å²) in [6.07, 6.45) is 7.73. The monoisotopic (exact) mass is 363 g/mol. The minimum atomic E-state index is -3.61. The predicted octanol–water partition coefficient (Wildman–Crippen LogP) is 0.340. The second kappa shape index (κ2) is 8.65. The van der Waals surface area contributed by atoms with Gasteiger partial charge in [0.15, 0.2) is 0 Å². The zero-order valence-corrected chi connectivity index (χ0v) is 14.6. The molecule has 0 radical (unpaired) electrons. The number of terminal acetylenes is 1. The number of benzene rings is 1. The van der Waals surface area contributed by atoms with Crippen LogP contribution in [0.5, 0.6) is 0 Å². The van der Waals surface area contributed by atoms with E-state index in [4.69, 9.17) is 6.42 Å². The van der Waals surface area contributed by atoms with Crippen LogP contribution in [0.1, 0.15) is 29.6 Å². The standard InChI is InChI=1S/C17H21N3O4S/c1-2-9-18-16(21)13-19-17(22)14-7-6-8-15(12-14)25(23,24)20-10-4-3-5-11-20/h1,6-8,12H,3-5,9-11,13H2,(H,18,21)(H,19,22). The first-order valence-electron chi connectivity index (χ1n) is 8.03. The van der Waals surface area contributed by atoms with Gasteiger partial charge in [0.25, 0.3) is 5.91 Å². The summed E-state index contributed by atoms with van der Waals surface area (Å²) in [6, 6.07) is 5.83. The number of rotatable bonds is 6. The molecule has 1 aliphatic rings. The highest BCUT2D eigenvalue weighted by Crippen LogP contribution is 2.21. The number of carbonyl (C=O) groups is 2. The van der Waals surface area contributed by atoms with Crippen LogP contribution in [0.3, 0.4) is 0 Å². The first-order chi connectivity index (χ1) is 11.9. The maximum Gasteiger partial charge on any atom is 0.251 e. The normalized spacial score (nSPS) is 15.2. The van der Waals surface area contributed by atoms with Crippen LogP contribution in [-0.4, -0.2) is 50.7 Å². The number of carbonyl (C=O) groups excluding carboxylic acids is 2. The SMILES string of the molecule is C#CCNC(=O)CNC(=O)c1cccc(S(=O)(=O)N2CCCCC2)c1. The molecule has 1 saturated heterocycles. The van der Waals surface area contributed by atoms with E-state index in [0.29, 0.717) is 13.1 Å². The van der Waals surface area contributed by atoms with Crippen molar-refractivity contribution in [2.75, 3.05) is 26.2 Å². The average molecular weight is 363 g/mol. The van der Waals surface area contributed by atoms with Crippen LogP contribution in [0.15, 0.2) is 29.2 Å². The van der Waals surface area contributed by atoms with Crippen molar-refractivity contribution < 1.29 is 18.0 Å². The Labute approximate surface area is 147 Å². The van der Waals surface area contributed by atoms with E-state index in [9.17, 15) is 18.0 Å². The second-order valence-corrected chi connectivity index (χ2v) is 7.59. The lowest BCUT2D eigenvalue weighted by Crippen LogP contribution is -2.37. The van der Waals surface area contributed by atoms with Gasteiger partial charge in [-0.1, -0.05) is 18.4 Å². The number of nitrogens with zero attached hydrogens (tertiary/aromatic N) is 1. The van der Waals surface area contributed by atoms with Crippen molar-refractivity contribution in [2.45, 2.75) is 24.2 Å². The summed E-state index contributed by atoms with van der Waals surface area (Å²) in [6.45, 7) is 0.837. The summed E-state index contributed by atoms with van der Waals surface area (Å²) in [5, 5.41) is 4.86. The van der Waals surface area contributed by atoms with Crippen LogP contribution in [0.25, 0.3) is 0 Å². The first-order valence-corrected chi connectivity index (χ1v) is 9.48. The fourth-order valence-electron chi connectivity index (χ4n) is 2.53. The maximum absolute atomic E-state index is 12.7. The summed E-state index contributed by atoms with van der Waals surface area (Å²) in [4.78, 5) is 23.7. The van der Waals surface area contributed by atoms with E-state index in [1.807, 2.05) is 0 Å². The largest absolute Gasteiger partial charge is 0.344 e. The Balaban J connectivity index is 2.06. The van der Waals surface area contributed by atoms with Crippen molar-refractivity contribution >= 4 is 21.8 Å². The Morgan fingerprint density at radius 1 is 1.16 bits per heavy atom. The van der Waals surface area contributed by atoms with Crippen LogP contribution >= 0.6 is 0 Å². The van der Waals surface area contributed by atoms with E-state index < -0.39 is 21.8 Å². The average Bonchev–Trinajstić information content (AvgIpc) is 2.65. The van der Waals surface area contributed by atoms with Gasteiger partial charge in [-0.05, 0) is 31.0 Å². The summed E-state index contributed by atoms with van der Waals surface area (Å²) < 4.78 is 26.8. The van der Waals surface area contributed by atoms with Gasteiger partial charge in [0.05, 0.1) is 18.0 Å². The van der Waals surface area contributed by atoms with E-state index in [-0.39, 0.29) is 23.5 Å². The Morgan fingerprint density at radius 3 is 2.56 bits per heavy atom. The quantitative estimate of drug-likeness (QED) is 0.713. The summed E-state index contributed by atoms with van der Waals surface area (Å²) in [7, 11) is -3.61. The number of nitrogens with one attached hydrogen (secondary N) is 2. The molecule has 0 spiro atoms. The third-order valence-electron chi connectivity index (χ3n) is 3.85. The van der Waals surface area contributed by atoms with Gasteiger partial charge < -0.3 is 10.6 Å². The van der Waals surface area contributed by atoms with Crippen molar-refractivity contribution in [1.29, 1.82) is 0 Å². The lowest BCUT2D eigenvalue weighted by Gasteiger charge is -2.26. The molecule has 2 rings (SSSR count). The van der Waals surface area contributed by atoms with Crippen molar-refractivity contribution in [3.63, 3.8) is 0 Å². The molecule has 1 aromatic carbocycles. The van der Waals surface area contributed by atoms with E-state index >= 15 is 0 Å². The predicted molar refractivity (Wildman–Crippen MR) is 93.2 cm³/mol. The van der Waals surface area contributed by atoms with Gasteiger partial charge in [0.1, 0.15) is 0 Å². The molecule has 0 saturated carbocycles. The Bertz CT molecular complexity index is 777. The summed E-state index contributed by atoms with van der Waals surface area (Å²) in [5.74, 6) is 1.32. The number of hydrogen-bond donors (Lipinski definition) is 2. The third-order valence-corrected chi connectivity index (χ3v) is 5.74. The molecule has 25 heavy (non-hydrogen) atoms. The molecule has 0 aliphatic carbocycles. The third kappa shape index (κ3) is 5.05. The fourth-order valence-corrected chi connectivity index (χ4v) is 4.09. The van der Waals surface area contributed by atoms with Gasteiger partial charge in [-0.2, -0.15) is 4.31 Å². The zero-order valence-electron chi connectivity index (χ0n) is 13.8. The van der Waals surface area contributed by atoms with Crippen molar-refractivity contribution in [3.05, 3.63) is 29.8 Å². The van der Waals surface area contributed by atoms with Crippen LogP contribution in [0.2, 0.25) is 0 Å². The molecule has 1 aliphatic heterocycles. The van der Waals surface area contributed by atoms with Crippen LogP contribution in [0.4, 0.5) is 0 Å². The highest BCUT2D eigenvalue weighted by Gasteiger charge is 2.26. The molecule has 2 amide bonds.